The number of nitrogens with zero attached hydrogens (tertiary/aromatic N) is 1. The smallest absolute Gasteiger partial charge is 0.242 e. The number of anilines is 1. The van der Waals surface area contributed by atoms with Gasteiger partial charge in [0.15, 0.2) is 4.34 Å². The van der Waals surface area contributed by atoms with Crippen LogP contribution in [0.5, 0.6) is 5.75 Å². The van der Waals surface area contributed by atoms with Gasteiger partial charge in [0.05, 0.1) is 24.2 Å². The molecule has 0 bridgehead atoms. The number of nitrogens with one attached hydrogen (secondary N) is 1. The summed E-state index contributed by atoms with van der Waals surface area (Å²) in [6.45, 7) is 1.83. The Morgan fingerprint density at radius 3 is 2.63 bits per heavy atom. The molecule has 3 rings (SSSR count). The first kappa shape index (κ1) is 22.1. The predicted molar refractivity (Wildman–Crippen MR) is 121 cm³/mol. The van der Waals surface area contributed by atoms with Crippen molar-refractivity contribution in [2.24, 2.45) is 5.73 Å². The summed E-state index contributed by atoms with van der Waals surface area (Å²) >= 11 is 8.88. The number of thioether (sulfide) groups is 1. The summed E-state index contributed by atoms with van der Waals surface area (Å²) in [5.41, 5.74) is 7.46. The molecule has 0 fully saturated rings. The van der Waals surface area contributed by atoms with Crippen LogP contribution < -0.4 is 15.8 Å². The number of aromatic nitrogens is 1. The highest BCUT2D eigenvalue weighted by atomic mass is 35.5. The van der Waals surface area contributed by atoms with E-state index >= 15 is 0 Å². The quantitative estimate of drug-likeness (QED) is 0.477. The van der Waals surface area contributed by atoms with E-state index < -0.39 is 11.2 Å². The highest BCUT2D eigenvalue weighted by Crippen LogP contribution is 2.39. The molecule has 6 nitrogen and oxygen atoms in total. The zero-order valence-electron chi connectivity index (χ0n) is 16.3. The van der Waals surface area contributed by atoms with E-state index in [-0.39, 0.29) is 12.3 Å². The van der Waals surface area contributed by atoms with Crippen LogP contribution in [0.1, 0.15) is 21.4 Å². The number of methoxy groups -OCH3 is 1. The van der Waals surface area contributed by atoms with Crippen LogP contribution in [0.15, 0.2) is 52.9 Å². The Labute approximate surface area is 187 Å². The van der Waals surface area contributed by atoms with Crippen molar-refractivity contribution in [3.63, 3.8) is 0 Å². The Hall–Kier alpha value is -2.55. The second kappa shape index (κ2) is 9.97. The van der Waals surface area contributed by atoms with Gasteiger partial charge >= 0.3 is 0 Å². The molecule has 3 N–H and O–H groups in total. The highest BCUT2D eigenvalue weighted by molar-refractivity contribution is 8.01. The third-order valence-electron chi connectivity index (χ3n) is 4.19. The average molecular weight is 462 g/mol. The summed E-state index contributed by atoms with van der Waals surface area (Å²) < 4.78 is 5.85. The number of rotatable bonds is 8. The molecular formula is C21H20ClN3O3S2. The Morgan fingerprint density at radius 2 is 2.00 bits per heavy atom. The fraction of sp³-hybridized carbons (Fsp3) is 0.190. The van der Waals surface area contributed by atoms with Gasteiger partial charge in [-0.3, -0.25) is 9.59 Å². The molecule has 9 heteroatoms. The number of aryl methyl sites for hydroxylation is 1. The van der Waals surface area contributed by atoms with Gasteiger partial charge in [0.25, 0.3) is 0 Å². The van der Waals surface area contributed by atoms with E-state index in [2.05, 4.69) is 10.3 Å². The maximum absolute atomic E-state index is 13.1. The van der Waals surface area contributed by atoms with Crippen molar-refractivity contribution in [1.82, 2.24) is 4.98 Å². The van der Waals surface area contributed by atoms with Crippen LogP contribution in [0, 0.1) is 6.92 Å². The molecule has 2 amide bonds. The molecule has 1 aromatic heterocycles. The van der Waals surface area contributed by atoms with Gasteiger partial charge in [0, 0.05) is 10.6 Å². The molecule has 2 aromatic carbocycles. The third kappa shape index (κ3) is 5.53. The zero-order valence-corrected chi connectivity index (χ0v) is 18.7. The molecular weight excluding hydrogens is 442 g/mol. The van der Waals surface area contributed by atoms with Gasteiger partial charge in [0.2, 0.25) is 11.8 Å². The van der Waals surface area contributed by atoms with Crippen LogP contribution in [0.25, 0.3) is 0 Å². The molecule has 0 spiro atoms. The van der Waals surface area contributed by atoms with E-state index in [9.17, 15) is 9.59 Å². The van der Waals surface area contributed by atoms with Crippen molar-refractivity contribution in [3.05, 3.63) is 69.7 Å². The fourth-order valence-corrected chi connectivity index (χ4v) is 5.42. The first-order valence-electron chi connectivity index (χ1n) is 8.98. The monoisotopic (exact) mass is 461 g/mol. The van der Waals surface area contributed by atoms with Crippen LogP contribution in [-0.2, 0) is 16.0 Å². The number of ether oxygens (including phenoxy) is 1. The molecule has 156 valence electrons. The number of halogens is 1. The third-order valence-corrected chi connectivity index (χ3v) is 6.99. The Bertz CT molecular complexity index is 1060. The van der Waals surface area contributed by atoms with Crippen molar-refractivity contribution in [3.8, 4) is 5.75 Å². The van der Waals surface area contributed by atoms with Crippen LogP contribution in [0.4, 0.5) is 5.69 Å². The molecule has 1 unspecified atom stereocenters. The first-order valence-corrected chi connectivity index (χ1v) is 11.1. The van der Waals surface area contributed by atoms with Crippen molar-refractivity contribution in [2.45, 2.75) is 22.9 Å². The van der Waals surface area contributed by atoms with Crippen molar-refractivity contribution in [1.29, 1.82) is 0 Å². The summed E-state index contributed by atoms with van der Waals surface area (Å²) in [6.07, 6.45) is 0.136. The number of carbonyl (C=O) groups excluding carboxylic acids is 2. The normalized spacial score (nSPS) is 11.7. The molecule has 30 heavy (non-hydrogen) atoms. The molecule has 1 atom stereocenters. The van der Waals surface area contributed by atoms with Crippen molar-refractivity contribution >= 4 is 52.2 Å². The second-order valence-electron chi connectivity index (χ2n) is 6.38. The van der Waals surface area contributed by atoms with E-state index in [0.29, 0.717) is 20.8 Å². The van der Waals surface area contributed by atoms with Crippen LogP contribution >= 0.6 is 34.7 Å². The molecule has 1 heterocycles. The predicted octanol–water partition coefficient (Wildman–Crippen LogP) is 4.61. The lowest BCUT2D eigenvalue weighted by Crippen LogP contribution is -2.19. The molecule has 0 aliphatic heterocycles. The lowest BCUT2D eigenvalue weighted by molar-refractivity contribution is -0.117. The minimum atomic E-state index is -0.543. The summed E-state index contributed by atoms with van der Waals surface area (Å²) in [4.78, 5) is 29.7. The highest BCUT2D eigenvalue weighted by Gasteiger charge is 2.25. The Morgan fingerprint density at radius 1 is 1.27 bits per heavy atom. The van der Waals surface area contributed by atoms with E-state index in [1.165, 1.54) is 30.2 Å². The standard InChI is InChI=1S/C21H20ClN3O3S2/c1-12-17(11-18(23)26)29-21(24-12)30-19(13-6-4-3-5-7-13)20(27)25-14-8-9-16(28-2)15(22)10-14/h3-10,19H,11H2,1-2H3,(H2,23,26)(H,25,27). The number of hydrogen-bond donors (Lipinski definition) is 2. The van der Waals surface area contributed by atoms with E-state index in [1.807, 2.05) is 37.3 Å². The number of primary amides is 1. The van der Waals surface area contributed by atoms with Crippen molar-refractivity contribution < 1.29 is 14.3 Å². The number of hydrogen-bond acceptors (Lipinski definition) is 6. The van der Waals surface area contributed by atoms with Gasteiger partial charge in [-0.15, -0.1) is 11.3 Å². The molecule has 0 saturated carbocycles. The van der Waals surface area contributed by atoms with Gasteiger partial charge in [-0.05, 0) is 30.7 Å². The molecule has 0 aliphatic rings. The SMILES string of the molecule is COc1ccc(NC(=O)C(Sc2nc(C)c(CC(N)=O)s2)c2ccccc2)cc1Cl. The molecule has 0 saturated heterocycles. The minimum Gasteiger partial charge on any atom is -0.495 e. The summed E-state index contributed by atoms with van der Waals surface area (Å²) in [7, 11) is 1.53. The first-order chi connectivity index (χ1) is 14.4. The Kier molecular flexibility index (Phi) is 7.36. The van der Waals surface area contributed by atoms with Gasteiger partial charge < -0.3 is 15.8 Å². The van der Waals surface area contributed by atoms with Crippen LogP contribution in [0.2, 0.25) is 5.02 Å². The summed E-state index contributed by atoms with van der Waals surface area (Å²) in [5, 5.41) is 2.78. The number of carbonyl (C=O) groups is 2. The van der Waals surface area contributed by atoms with E-state index in [4.69, 9.17) is 22.1 Å². The largest absolute Gasteiger partial charge is 0.495 e. The maximum Gasteiger partial charge on any atom is 0.242 e. The molecule has 0 aliphatic carbocycles. The fourth-order valence-electron chi connectivity index (χ4n) is 2.73. The lowest BCUT2D eigenvalue weighted by Gasteiger charge is -2.16. The second-order valence-corrected chi connectivity index (χ2v) is 9.22. The van der Waals surface area contributed by atoms with Gasteiger partial charge in [-0.1, -0.05) is 53.7 Å². The topological polar surface area (TPSA) is 94.3 Å². The summed E-state index contributed by atoms with van der Waals surface area (Å²) in [6, 6.07) is 14.5. The Balaban J connectivity index is 1.85. The lowest BCUT2D eigenvalue weighted by atomic mass is 10.1. The number of thiazole rings is 1. The van der Waals surface area contributed by atoms with Crippen LogP contribution in [-0.4, -0.2) is 23.9 Å². The van der Waals surface area contributed by atoms with E-state index in [1.54, 1.807) is 18.2 Å². The minimum absolute atomic E-state index is 0.136. The molecule has 0 radical (unpaired) electrons. The zero-order chi connectivity index (χ0) is 21.7. The van der Waals surface area contributed by atoms with Gasteiger partial charge in [-0.25, -0.2) is 4.98 Å². The van der Waals surface area contributed by atoms with Gasteiger partial charge in [0.1, 0.15) is 11.0 Å². The number of nitrogens with two attached hydrogens (primary N) is 1. The number of amides is 2. The maximum atomic E-state index is 13.1. The average Bonchev–Trinajstić information content (AvgIpc) is 3.05. The van der Waals surface area contributed by atoms with Gasteiger partial charge in [-0.2, -0.15) is 0 Å². The summed E-state index contributed by atoms with van der Waals surface area (Å²) in [5.74, 6) is -0.0901. The molecule has 3 aromatic rings. The number of benzene rings is 2. The van der Waals surface area contributed by atoms with Crippen molar-refractivity contribution in [2.75, 3.05) is 12.4 Å². The van der Waals surface area contributed by atoms with E-state index in [0.717, 1.165) is 16.1 Å². The van der Waals surface area contributed by atoms with Crippen LogP contribution in [0.3, 0.4) is 0 Å².